The number of carbonyl (C=O) groups is 2. The maximum Gasteiger partial charge on any atom is 0.356 e. The molecule has 1 aromatic rings. The molecule has 3 heterocycles. The van der Waals surface area contributed by atoms with Gasteiger partial charge >= 0.3 is 5.97 Å². The normalized spacial score (nSPS) is 25.1. The molecule has 0 bridgehead atoms. The van der Waals surface area contributed by atoms with Crippen molar-refractivity contribution in [2.45, 2.75) is 33.1 Å². The van der Waals surface area contributed by atoms with Crippen LogP contribution >= 0.6 is 0 Å². The van der Waals surface area contributed by atoms with Gasteiger partial charge in [0.25, 0.3) is 0 Å². The van der Waals surface area contributed by atoms with Crippen molar-refractivity contribution >= 4 is 11.9 Å². The second-order valence-corrected chi connectivity index (χ2v) is 6.74. The van der Waals surface area contributed by atoms with Gasteiger partial charge in [-0.05, 0) is 0 Å². The van der Waals surface area contributed by atoms with Crippen molar-refractivity contribution in [3.8, 4) is 0 Å². The molecule has 3 rings (SSSR count). The van der Waals surface area contributed by atoms with Crippen LogP contribution < -0.4 is 0 Å². The van der Waals surface area contributed by atoms with Gasteiger partial charge in [-0.3, -0.25) is 14.4 Å². The highest BCUT2D eigenvalue weighted by Gasteiger charge is 2.61. The van der Waals surface area contributed by atoms with Gasteiger partial charge in [-0.15, -0.1) is 5.10 Å². The third-order valence-electron chi connectivity index (χ3n) is 3.93. The number of aryl methyl sites for hydroxylation is 1. The molecule has 2 aliphatic rings. The van der Waals surface area contributed by atoms with Gasteiger partial charge in [-0.1, -0.05) is 26.0 Å². The van der Waals surface area contributed by atoms with Crippen molar-refractivity contribution in [2.75, 3.05) is 0 Å². The van der Waals surface area contributed by atoms with Crippen molar-refractivity contribution in [2.24, 2.45) is 18.4 Å². The molecule has 0 spiro atoms. The van der Waals surface area contributed by atoms with Gasteiger partial charge in [-0.25, -0.2) is 4.79 Å². The summed E-state index contributed by atoms with van der Waals surface area (Å²) in [5.74, 6) is -2.39. The van der Waals surface area contributed by atoms with Crippen molar-refractivity contribution in [3.63, 3.8) is 0 Å². The fourth-order valence-corrected chi connectivity index (χ4v) is 2.84. The quantitative estimate of drug-likeness (QED) is 0.752. The minimum Gasteiger partial charge on any atom is -0.476 e. The third kappa shape index (κ3) is 2.19. The molecule has 2 aliphatic heterocycles. The van der Waals surface area contributed by atoms with E-state index in [0.717, 1.165) is 4.90 Å². The number of aliphatic hydroxyl groups excluding tert-OH is 1. The SMILES string of the molecule is Cn1cc([C@H](O)[C@H]2C(=O)N3C(C(=O)O)=C(C(C)(C)C)O[C@H]23)nn1. The Morgan fingerprint density at radius 1 is 1.43 bits per heavy atom. The molecule has 9 nitrogen and oxygen atoms in total. The average Bonchev–Trinajstić information content (AvgIpc) is 2.99. The van der Waals surface area contributed by atoms with Crippen LogP contribution in [0.25, 0.3) is 0 Å². The lowest BCUT2D eigenvalue weighted by atomic mass is 9.88. The molecule has 0 aliphatic carbocycles. The zero-order chi connectivity index (χ0) is 17.1. The van der Waals surface area contributed by atoms with Crippen LogP contribution in [-0.2, 0) is 21.4 Å². The standard InChI is InChI=1S/C14H18N4O5/c1-14(2,3)10-8(13(21)22)18-11(20)7(12(18)23-10)9(19)6-5-17(4)16-15-6/h5,7,9,12,19H,1-4H3,(H,21,22)/t7-,9-,12+/m0/s1. The molecule has 0 saturated carbocycles. The average molecular weight is 322 g/mol. The molecular formula is C14H18N4O5. The number of nitrogens with zero attached hydrogens (tertiary/aromatic N) is 4. The topological polar surface area (TPSA) is 118 Å². The molecule has 9 heteroatoms. The Bertz CT molecular complexity index is 717. The lowest BCUT2D eigenvalue weighted by Crippen LogP contribution is -2.61. The summed E-state index contributed by atoms with van der Waals surface area (Å²) in [5.41, 5.74) is -0.488. The molecule has 0 radical (unpaired) electrons. The van der Waals surface area contributed by atoms with E-state index < -0.39 is 35.5 Å². The fraction of sp³-hybridized carbons (Fsp3) is 0.571. The first-order valence-electron chi connectivity index (χ1n) is 7.15. The van der Waals surface area contributed by atoms with Crippen LogP contribution in [0.1, 0.15) is 32.6 Å². The number of β-lactam (4-membered cyclic amide) rings is 1. The Kier molecular flexibility index (Phi) is 3.22. The van der Waals surface area contributed by atoms with E-state index in [0.29, 0.717) is 0 Å². The monoisotopic (exact) mass is 322 g/mol. The van der Waals surface area contributed by atoms with Gasteiger partial charge in [0.05, 0.1) is 6.20 Å². The number of rotatable bonds is 3. The number of amides is 1. The van der Waals surface area contributed by atoms with E-state index in [-0.39, 0.29) is 17.2 Å². The predicted octanol–water partition coefficient (Wildman–Crippen LogP) is 0.00550. The van der Waals surface area contributed by atoms with Crippen LogP contribution in [0.3, 0.4) is 0 Å². The Balaban J connectivity index is 1.91. The van der Waals surface area contributed by atoms with E-state index >= 15 is 0 Å². The lowest BCUT2D eigenvalue weighted by molar-refractivity contribution is -0.185. The summed E-state index contributed by atoms with van der Waals surface area (Å²) in [6.07, 6.45) is -0.530. The molecule has 23 heavy (non-hydrogen) atoms. The highest BCUT2D eigenvalue weighted by Crippen LogP contribution is 2.48. The number of fused-ring (bicyclic) bond motifs is 1. The molecule has 1 amide bonds. The largest absolute Gasteiger partial charge is 0.476 e. The maximum atomic E-state index is 12.4. The number of hydrogen-bond acceptors (Lipinski definition) is 6. The summed E-state index contributed by atoms with van der Waals surface area (Å²) in [6.45, 7) is 5.40. The van der Waals surface area contributed by atoms with Crippen LogP contribution in [0.5, 0.6) is 0 Å². The van der Waals surface area contributed by atoms with Crippen LogP contribution in [0, 0.1) is 11.3 Å². The fourth-order valence-electron chi connectivity index (χ4n) is 2.84. The Morgan fingerprint density at radius 2 is 2.09 bits per heavy atom. The summed E-state index contributed by atoms with van der Waals surface area (Å²) < 4.78 is 7.13. The van der Waals surface area contributed by atoms with E-state index in [1.165, 1.54) is 10.9 Å². The van der Waals surface area contributed by atoms with E-state index in [2.05, 4.69) is 10.3 Å². The van der Waals surface area contributed by atoms with E-state index in [9.17, 15) is 19.8 Å². The predicted molar refractivity (Wildman–Crippen MR) is 75.3 cm³/mol. The molecular weight excluding hydrogens is 304 g/mol. The molecule has 3 atom stereocenters. The molecule has 1 saturated heterocycles. The molecule has 124 valence electrons. The second kappa shape index (κ2) is 4.79. The van der Waals surface area contributed by atoms with Gasteiger partial charge in [0.1, 0.15) is 23.5 Å². The van der Waals surface area contributed by atoms with Gasteiger partial charge in [-0.2, -0.15) is 0 Å². The van der Waals surface area contributed by atoms with Crippen LogP contribution in [-0.4, -0.2) is 48.2 Å². The molecule has 1 fully saturated rings. The van der Waals surface area contributed by atoms with Crippen molar-refractivity contribution in [1.82, 2.24) is 19.9 Å². The first-order valence-corrected chi connectivity index (χ1v) is 7.15. The van der Waals surface area contributed by atoms with Gasteiger partial charge in [0.15, 0.2) is 11.9 Å². The number of carboxylic acids is 1. The van der Waals surface area contributed by atoms with E-state index in [4.69, 9.17) is 4.74 Å². The molecule has 0 unspecified atom stereocenters. The van der Waals surface area contributed by atoms with Gasteiger partial charge in [0.2, 0.25) is 5.91 Å². The van der Waals surface area contributed by atoms with Crippen molar-refractivity contribution < 1.29 is 24.5 Å². The van der Waals surface area contributed by atoms with Crippen LogP contribution in [0.2, 0.25) is 0 Å². The smallest absolute Gasteiger partial charge is 0.356 e. The minimum atomic E-state index is -1.22. The summed E-state index contributed by atoms with van der Waals surface area (Å²) >= 11 is 0. The molecule has 0 aromatic carbocycles. The summed E-state index contributed by atoms with van der Waals surface area (Å²) in [4.78, 5) is 25.0. The Labute approximate surface area is 132 Å². The summed E-state index contributed by atoms with van der Waals surface area (Å²) in [5, 5.41) is 27.3. The maximum absolute atomic E-state index is 12.4. The van der Waals surface area contributed by atoms with Crippen molar-refractivity contribution in [1.29, 1.82) is 0 Å². The molecule has 2 N–H and O–H groups in total. The highest BCUT2D eigenvalue weighted by molar-refractivity contribution is 5.98. The Hall–Kier alpha value is -2.42. The van der Waals surface area contributed by atoms with Gasteiger partial charge in [0, 0.05) is 12.5 Å². The van der Waals surface area contributed by atoms with Crippen LogP contribution in [0.15, 0.2) is 17.7 Å². The number of hydrogen-bond donors (Lipinski definition) is 2. The lowest BCUT2D eigenvalue weighted by Gasteiger charge is -2.42. The zero-order valence-corrected chi connectivity index (χ0v) is 13.2. The number of carbonyl (C=O) groups excluding carboxylic acids is 1. The first kappa shape index (κ1) is 15.5. The summed E-state index contributed by atoms with van der Waals surface area (Å²) in [6, 6.07) is 0. The number of aromatic nitrogens is 3. The number of ether oxygens (including phenoxy) is 1. The van der Waals surface area contributed by atoms with Gasteiger partial charge < -0.3 is 14.9 Å². The second-order valence-electron chi connectivity index (χ2n) is 6.74. The molecule has 1 aromatic heterocycles. The number of carboxylic acid groups (broad SMARTS) is 1. The zero-order valence-electron chi connectivity index (χ0n) is 13.2. The number of aliphatic hydroxyl groups is 1. The Morgan fingerprint density at radius 3 is 2.57 bits per heavy atom. The summed E-state index contributed by atoms with van der Waals surface area (Å²) in [7, 11) is 1.64. The van der Waals surface area contributed by atoms with E-state index in [1.807, 2.05) is 0 Å². The van der Waals surface area contributed by atoms with Crippen molar-refractivity contribution in [3.05, 3.63) is 23.3 Å². The first-order chi connectivity index (χ1) is 10.6. The highest BCUT2D eigenvalue weighted by atomic mass is 16.5. The number of allylic oxidation sites excluding steroid dienone is 1. The third-order valence-corrected chi connectivity index (χ3v) is 3.93. The number of aliphatic carboxylic acids is 1. The minimum absolute atomic E-state index is 0.157. The van der Waals surface area contributed by atoms with E-state index in [1.54, 1.807) is 27.8 Å². The van der Waals surface area contributed by atoms with Crippen LogP contribution in [0.4, 0.5) is 0 Å².